The fraction of sp³-hybridized carbons (Fsp3) is 0.292. The molecule has 0 saturated carbocycles. The van der Waals surface area contributed by atoms with Crippen LogP contribution in [0.5, 0.6) is 0 Å². The van der Waals surface area contributed by atoms with Gasteiger partial charge in [0.05, 0.1) is 0 Å². The second-order valence-electron chi connectivity index (χ2n) is 7.84. The Labute approximate surface area is 182 Å². The van der Waals surface area contributed by atoms with Crippen molar-refractivity contribution >= 4 is 29.6 Å². The molecule has 2 unspecified atom stereocenters. The van der Waals surface area contributed by atoms with E-state index < -0.39 is 5.82 Å². The minimum Gasteiger partial charge on any atom is -0.404 e. The molecule has 0 aromatic heterocycles. The van der Waals surface area contributed by atoms with E-state index in [1.54, 1.807) is 12.1 Å². The third-order valence-corrected chi connectivity index (χ3v) is 5.77. The van der Waals surface area contributed by atoms with Gasteiger partial charge < -0.3 is 26.8 Å². The van der Waals surface area contributed by atoms with Gasteiger partial charge in [-0.3, -0.25) is 4.79 Å². The van der Waals surface area contributed by atoms with Gasteiger partial charge in [0.15, 0.2) is 0 Å². The summed E-state index contributed by atoms with van der Waals surface area (Å²) in [5.74, 6) is -0.152. The Kier molecular flexibility index (Phi) is 7.18. The molecule has 2 aromatic rings. The predicted molar refractivity (Wildman–Crippen MR) is 123 cm³/mol. The molecule has 2 atom stereocenters. The van der Waals surface area contributed by atoms with Crippen LogP contribution in [0.2, 0.25) is 0 Å². The van der Waals surface area contributed by atoms with E-state index in [2.05, 4.69) is 5.32 Å². The summed E-state index contributed by atoms with van der Waals surface area (Å²) in [6.45, 7) is 3.39. The molecule has 0 bridgehead atoms. The fourth-order valence-electron chi connectivity index (χ4n) is 4.05. The Balaban J connectivity index is 1.61. The molecule has 162 valence electrons. The van der Waals surface area contributed by atoms with E-state index in [4.69, 9.17) is 16.6 Å². The van der Waals surface area contributed by atoms with E-state index in [0.29, 0.717) is 23.6 Å². The van der Waals surface area contributed by atoms with Crippen molar-refractivity contribution in [3.8, 4) is 0 Å². The summed E-state index contributed by atoms with van der Waals surface area (Å²) in [4.78, 5) is 14.6. The van der Waals surface area contributed by atoms with Crippen molar-refractivity contribution in [3.63, 3.8) is 0 Å². The summed E-state index contributed by atoms with van der Waals surface area (Å²) in [7, 11) is 0. The van der Waals surface area contributed by atoms with Gasteiger partial charge in [0, 0.05) is 60.1 Å². The number of carbonyl (C=O) groups excluding carboxylic acids is 1. The van der Waals surface area contributed by atoms with Gasteiger partial charge in [-0.05, 0) is 61.6 Å². The topological polar surface area (TPSA) is 106 Å². The van der Waals surface area contributed by atoms with Gasteiger partial charge in [-0.15, -0.1) is 0 Å². The smallest absolute Gasteiger partial charge is 0.254 e. The summed E-state index contributed by atoms with van der Waals surface area (Å²) in [6.07, 6.45) is 5.55. The lowest BCUT2D eigenvalue weighted by Gasteiger charge is -2.38. The van der Waals surface area contributed by atoms with Crippen molar-refractivity contribution in [3.05, 3.63) is 71.2 Å². The number of carbonyl (C=O) groups is 1. The molecule has 0 radical (unpaired) electrons. The van der Waals surface area contributed by atoms with Crippen molar-refractivity contribution in [2.45, 2.75) is 25.8 Å². The average Bonchev–Trinajstić information content (AvgIpc) is 2.78. The number of anilines is 1. The van der Waals surface area contributed by atoms with Crippen molar-refractivity contribution in [1.29, 1.82) is 10.8 Å². The summed E-state index contributed by atoms with van der Waals surface area (Å²) >= 11 is 0. The molecule has 2 aromatic carbocycles. The van der Waals surface area contributed by atoms with Crippen LogP contribution < -0.4 is 11.1 Å². The van der Waals surface area contributed by atoms with E-state index in [1.807, 2.05) is 30.0 Å². The van der Waals surface area contributed by atoms with Crippen LogP contribution in [-0.2, 0) is 0 Å². The number of piperidine rings is 1. The maximum Gasteiger partial charge on any atom is 0.254 e. The molecular weight excluding hydrogens is 393 g/mol. The van der Waals surface area contributed by atoms with E-state index in [0.717, 1.165) is 36.2 Å². The molecule has 1 aliphatic heterocycles. The number of amides is 1. The number of benzene rings is 2. The number of rotatable bonds is 7. The maximum absolute atomic E-state index is 13.5. The van der Waals surface area contributed by atoms with Crippen LogP contribution in [0.3, 0.4) is 0 Å². The third-order valence-electron chi connectivity index (χ3n) is 5.77. The first-order chi connectivity index (χ1) is 15.0. The summed E-state index contributed by atoms with van der Waals surface area (Å²) in [5.41, 5.74) is 8.91. The minimum atomic E-state index is -0.402. The second-order valence-corrected chi connectivity index (χ2v) is 7.84. The van der Waals surface area contributed by atoms with Crippen molar-refractivity contribution in [2.75, 3.05) is 18.4 Å². The molecule has 5 N–H and O–H groups in total. The number of nitrogens with zero attached hydrogens (tertiary/aromatic N) is 1. The molecule has 1 fully saturated rings. The van der Waals surface area contributed by atoms with E-state index >= 15 is 0 Å². The molecule has 0 spiro atoms. The second kappa shape index (κ2) is 10.0. The lowest BCUT2D eigenvalue weighted by atomic mass is 9.90. The van der Waals surface area contributed by atoms with Crippen molar-refractivity contribution in [2.24, 2.45) is 11.7 Å². The first kappa shape index (κ1) is 22.2. The van der Waals surface area contributed by atoms with E-state index in [1.165, 1.54) is 30.8 Å². The monoisotopic (exact) mass is 421 g/mol. The third kappa shape index (κ3) is 5.17. The van der Waals surface area contributed by atoms with Crippen LogP contribution in [0, 0.1) is 22.6 Å². The van der Waals surface area contributed by atoms with Gasteiger partial charge >= 0.3 is 0 Å². The van der Waals surface area contributed by atoms with Gasteiger partial charge in [-0.25, -0.2) is 4.39 Å². The molecule has 1 saturated heterocycles. The highest BCUT2D eigenvalue weighted by molar-refractivity contribution is 6.08. The van der Waals surface area contributed by atoms with Crippen LogP contribution in [0.25, 0.3) is 5.57 Å². The first-order valence-corrected chi connectivity index (χ1v) is 10.3. The van der Waals surface area contributed by atoms with E-state index in [-0.39, 0.29) is 11.9 Å². The lowest BCUT2D eigenvalue weighted by molar-refractivity contribution is 0.0584. The van der Waals surface area contributed by atoms with Crippen molar-refractivity contribution < 1.29 is 9.18 Å². The molecule has 1 aliphatic rings. The van der Waals surface area contributed by atoms with Gasteiger partial charge in [-0.2, -0.15) is 0 Å². The van der Waals surface area contributed by atoms with Crippen LogP contribution in [0.4, 0.5) is 10.1 Å². The van der Waals surface area contributed by atoms with Crippen LogP contribution >= 0.6 is 0 Å². The molecule has 6 nitrogen and oxygen atoms in total. The highest BCUT2D eigenvalue weighted by Gasteiger charge is 2.29. The number of allylic oxidation sites excluding steroid dienone is 1. The van der Waals surface area contributed by atoms with Crippen LogP contribution in [0.1, 0.15) is 41.3 Å². The number of nitrogens with one attached hydrogen (secondary N) is 3. The molecule has 0 aliphatic carbocycles. The normalized spacial score (nSPS) is 19.0. The molecule has 1 heterocycles. The number of likely N-dealkylation sites (tertiary alicyclic amines) is 1. The lowest BCUT2D eigenvalue weighted by Crippen LogP contribution is -2.45. The Morgan fingerprint density at radius 1 is 1.26 bits per heavy atom. The summed E-state index contributed by atoms with van der Waals surface area (Å²) in [5, 5.41) is 18.6. The molecular formula is C24H28FN5O. The SMILES string of the molecule is CC1CC(CNc2ccc(/C(C=N)=C/N)cc2C=N)CCN1C(=O)c1cccc(F)c1. The maximum atomic E-state index is 13.5. The molecule has 31 heavy (non-hydrogen) atoms. The molecule has 1 amide bonds. The molecule has 7 heteroatoms. The standard InChI is InChI=1S/C24H28FN5O/c1-16-9-17(7-8-30(16)24(31)19-3-2-4-22(25)11-19)15-29-23-6-5-18(10-20(23)12-26)21(13-27)14-28/h2-6,10-14,16-17,26-27,29H,7-9,15,28H2,1H3/b21-14+,26-12?,27-13?. The zero-order chi connectivity index (χ0) is 22.4. The highest BCUT2D eigenvalue weighted by Crippen LogP contribution is 2.26. The number of hydrogen-bond acceptors (Lipinski definition) is 5. The zero-order valence-corrected chi connectivity index (χ0v) is 17.6. The first-order valence-electron chi connectivity index (χ1n) is 10.3. The largest absolute Gasteiger partial charge is 0.404 e. The van der Waals surface area contributed by atoms with Gasteiger partial charge in [-0.1, -0.05) is 12.1 Å². The van der Waals surface area contributed by atoms with Gasteiger partial charge in [0.1, 0.15) is 5.82 Å². The van der Waals surface area contributed by atoms with Crippen LogP contribution in [-0.4, -0.2) is 42.4 Å². The minimum absolute atomic E-state index is 0.0609. The molecule has 3 rings (SSSR count). The zero-order valence-electron chi connectivity index (χ0n) is 17.6. The van der Waals surface area contributed by atoms with Crippen LogP contribution in [0.15, 0.2) is 48.7 Å². The Hall–Kier alpha value is -3.48. The van der Waals surface area contributed by atoms with Gasteiger partial charge in [0.2, 0.25) is 0 Å². The highest BCUT2D eigenvalue weighted by atomic mass is 19.1. The Bertz CT molecular complexity index is 1000. The Morgan fingerprint density at radius 3 is 2.71 bits per heavy atom. The Morgan fingerprint density at radius 2 is 2.06 bits per heavy atom. The quantitative estimate of drug-likeness (QED) is 0.505. The predicted octanol–water partition coefficient (Wildman–Crippen LogP) is 4.13. The number of nitrogens with two attached hydrogens (primary N) is 1. The number of hydrogen-bond donors (Lipinski definition) is 4. The van der Waals surface area contributed by atoms with Crippen molar-refractivity contribution in [1.82, 2.24) is 4.90 Å². The summed E-state index contributed by atoms with van der Waals surface area (Å²) in [6, 6.07) is 11.5. The summed E-state index contributed by atoms with van der Waals surface area (Å²) < 4.78 is 13.5. The average molecular weight is 422 g/mol. The van der Waals surface area contributed by atoms with Gasteiger partial charge in [0.25, 0.3) is 5.91 Å². The van der Waals surface area contributed by atoms with E-state index in [9.17, 15) is 9.18 Å². The number of halogens is 1. The fourth-order valence-corrected chi connectivity index (χ4v) is 4.05.